The van der Waals surface area contributed by atoms with Crippen LogP contribution in [-0.2, 0) is 7.05 Å². The molecule has 0 saturated carbocycles. The van der Waals surface area contributed by atoms with Crippen molar-refractivity contribution >= 4 is 21.9 Å². The summed E-state index contributed by atoms with van der Waals surface area (Å²) in [4.78, 5) is 11.2. The lowest BCUT2D eigenvalue weighted by molar-refractivity contribution is 0.0689. The number of fused-ring (bicyclic) bond motifs is 1. The molecule has 3 rings (SSSR count). The first-order valence-electron chi connectivity index (χ1n) is 6.96. The molecule has 2 heterocycles. The fourth-order valence-electron chi connectivity index (χ4n) is 2.50. The van der Waals surface area contributed by atoms with Crippen molar-refractivity contribution in [3.8, 4) is 28.5 Å². The molecule has 0 fully saturated rings. The molecule has 122 valence electrons. The van der Waals surface area contributed by atoms with Crippen LogP contribution in [0.25, 0.3) is 11.3 Å². The highest BCUT2D eigenvalue weighted by molar-refractivity contribution is 9.10. The summed E-state index contributed by atoms with van der Waals surface area (Å²) in [6, 6.07) is 3.28. The molecule has 0 atom stereocenters. The maximum atomic E-state index is 11.2. The van der Waals surface area contributed by atoms with Crippen LogP contribution in [0.1, 0.15) is 16.9 Å². The van der Waals surface area contributed by atoms with E-state index in [-0.39, 0.29) is 5.69 Å². The summed E-state index contributed by atoms with van der Waals surface area (Å²) in [5.74, 6) is 0.559. The fourth-order valence-corrected chi connectivity index (χ4v) is 3.06. The molecule has 0 unspecified atom stereocenters. The molecule has 1 aromatic heterocycles. The number of carbonyl (C=O) groups is 1. The van der Waals surface area contributed by atoms with Gasteiger partial charge < -0.3 is 19.3 Å². The third kappa shape index (κ3) is 2.74. The Balaban J connectivity index is 2.28. The number of aryl methyl sites for hydroxylation is 1. The van der Waals surface area contributed by atoms with Gasteiger partial charge in [0.15, 0.2) is 17.2 Å². The Hall–Kier alpha value is -2.22. The predicted octanol–water partition coefficient (Wildman–Crippen LogP) is 2.72. The number of hydrogen-bond acceptors (Lipinski definition) is 5. The molecule has 1 aromatic carbocycles. The number of carboxylic acid groups (broad SMARTS) is 1. The van der Waals surface area contributed by atoms with Gasteiger partial charge in [-0.3, -0.25) is 4.68 Å². The zero-order valence-corrected chi connectivity index (χ0v) is 14.2. The Morgan fingerprint density at radius 3 is 2.78 bits per heavy atom. The number of nitrogens with zero attached hydrogens (tertiary/aromatic N) is 2. The van der Waals surface area contributed by atoms with E-state index < -0.39 is 5.97 Å². The summed E-state index contributed by atoms with van der Waals surface area (Å²) >= 11 is 3.46. The molecule has 0 amide bonds. The summed E-state index contributed by atoms with van der Waals surface area (Å²) < 4.78 is 19.2. The molecule has 0 saturated heterocycles. The smallest absolute Gasteiger partial charge is 0.356 e. The molecule has 1 aliphatic rings. The van der Waals surface area contributed by atoms with Gasteiger partial charge in [-0.1, -0.05) is 0 Å². The van der Waals surface area contributed by atoms with Crippen molar-refractivity contribution in [1.29, 1.82) is 0 Å². The van der Waals surface area contributed by atoms with Crippen LogP contribution in [0.3, 0.4) is 0 Å². The van der Waals surface area contributed by atoms with Crippen LogP contribution in [0.2, 0.25) is 0 Å². The van der Waals surface area contributed by atoms with Crippen molar-refractivity contribution < 1.29 is 24.1 Å². The average Bonchev–Trinajstić information content (AvgIpc) is 2.74. The minimum Gasteiger partial charge on any atom is -0.495 e. The number of carboxylic acids is 1. The molecule has 1 aliphatic heterocycles. The predicted molar refractivity (Wildman–Crippen MR) is 85.5 cm³/mol. The first-order chi connectivity index (χ1) is 11.0. The van der Waals surface area contributed by atoms with Crippen LogP contribution < -0.4 is 14.2 Å². The van der Waals surface area contributed by atoms with Gasteiger partial charge in [-0.05, 0) is 22.0 Å². The number of ether oxygens (including phenoxy) is 3. The number of rotatable bonds is 3. The molecule has 0 bridgehead atoms. The van der Waals surface area contributed by atoms with Crippen LogP contribution in [0.15, 0.2) is 16.6 Å². The lowest BCUT2D eigenvalue weighted by Crippen LogP contribution is -2.02. The zero-order chi connectivity index (χ0) is 16.6. The maximum absolute atomic E-state index is 11.2. The van der Waals surface area contributed by atoms with E-state index in [2.05, 4.69) is 21.0 Å². The summed E-state index contributed by atoms with van der Waals surface area (Å²) in [6.07, 6.45) is 0.764. The zero-order valence-electron chi connectivity index (χ0n) is 12.6. The van der Waals surface area contributed by atoms with E-state index in [0.717, 1.165) is 6.42 Å². The second-order valence-corrected chi connectivity index (χ2v) is 5.84. The van der Waals surface area contributed by atoms with Gasteiger partial charge in [0.25, 0.3) is 0 Å². The Morgan fingerprint density at radius 2 is 2.13 bits per heavy atom. The van der Waals surface area contributed by atoms with E-state index in [1.54, 1.807) is 20.2 Å². The normalized spacial score (nSPS) is 13.5. The number of aromatic nitrogens is 2. The maximum Gasteiger partial charge on any atom is 0.356 e. The van der Waals surface area contributed by atoms with Gasteiger partial charge in [0.1, 0.15) is 5.75 Å². The van der Waals surface area contributed by atoms with Gasteiger partial charge in [-0.2, -0.15) is 5.10 Å². The Labute approximate surface area is 140 Å². The number of benzene rings is 1. The van der Waals surface area contributed by atoms with Gasteiger partial charge in [0.05, 0.1) is 36.1 Å². The largest absolute Gasteiger partial charge is 0.495 e. The van der Waals surface area contributed by atoms with Crippen LogP contribution in [0.4, 0.5) is 0 Å². The first-order valence-corrected chi connectivity index (χ1v) is 7.76. The summed E-state index contributed by atoms with van der Waals surface area (Å²) in [6.45, 7) is 1.06. The molecule has 7 nitrogen and oxygen atoms in total. The van der Waals surface area contributed by atoms with Gasteiger partial charge in [-0.25, -0.2) is 4.79 Å². The van der Waals surface area contributed by atoms with Gasteiger partial charge in [-0.15, -0.1) is 0 Å². The standard InChI is InChI=1S/C15H15BrN2O5/c1-18-10(7-9(17-18)15(19)20)12-13(21-2)8(16)6-11-14(12)23-5-3-4-22-11/h6-7H,3-5H2,1-2H3,(H,19,20). The van der Waals surface area contributed by atoms with Gasteiger partial charge >= 0.3 is 5.97 Å². The van der Waals surface area contributed by atoms with Crippen molar-refractivity contribution in [2.24, 2.45) is 7.05 Å². The lowest BCUT2D eigenvalue weighted by Gasteiger charge is -2.17. The lowest BCUT2D eigenvalue weighted by atomic mass is 10.1. The van der Waals surface area contributed by atoms with Crippen LogP contribution in [0.5, 0.6) is 17.2 Å². The minimum absolute atomic E-state index is 0.0483. The number of methoxy groups -OCH3 is 1. The third-order valence-electron chi connectivity index (χ3n) is 3.50. The van der Waals surface area contributed by atoms with Crippen molar-refractivity contribution in [3.63, 3.8) is 0 Å². The SMILES string of the molecule is COc1c(Br)cc2c(c1-c1cc(C(=O)O)nn1C)OCCCO2. The number of aromatic carboxylic acids is 1. The summed E-state index contributed by atoms with van der Waals surface area (Å²) in [7, 11) is 3.22. The Kier molecular flexibility index (Phi) is 4.16. The minimum atomic E-state index is -1.09. The third-order valence-corrected chi connectivity index (χ3v) is 4.09. The molecule has 2 aromatic rings. The topological polar surface area (TPSA) is 82.8 Å². The van der Waals surface area contributed by atoms with Crippen LogP contribution in [-0.4, -0.2) is 41.2 Å². The summed E-state index contributed by atoms with van der Waals surface area (Å²) in [5.41, 5.74) is 1.14. The fraction of sp³-hybridized carbons (Fsp3) is 0.333. The second-order valence-electron chi connectivity index (χ2n) is 4.99. The second kappa shape index (κ2) is 6.11. The van der Waals surface area contributed by atoms with Crippen LogP contribution in [0, 0.1) is 0 Å². The van der Waals surface area contributed by atoms with Crippen molar-refractivity contribution in [2.45, 2.75) is 6.42 Å². The Bertz CT molecular complexity index is 772. The van der Waals surface area contributed by atoms with E-state index in [0.29, 0.717) is 46.2 Å². The molecular weight excluding hydrogens is 368 g/mol. The molecule has 8 heteroatoms. The molecule has 0 spiro atoms. The van der Waals surface area contributed by atoms with Gasteiger partial charge in [0, 0.05) is 19.5 Å². The summed E-state index contributed by atoms with van der Waals surface area (Å²) in [5, 5.41) is 13.2. The highest BCUT2D eigenvalue weighted by Gasteiger charge is 2.26. The highest BCUT2D eigenvalue weighted by atomic mass is 79.9. The van der Waals surface area contributed by atoms with Crippen molar-refractivity contribution in [3.05, 3.63) is 22.3 Å². The number of hydrogen-bond donors (Lipinski definition) is 1. The van der Waals surface area contributed by atoms with E-state index in [9.17, 15) is 4.79 Å². The number of halogens is 1. The average molecular weight is 383 g/mol. The molecule has 0 aliphatic carbocycles. The Morgan fingerprint density at radius 1 is 1.39 bits per heavy atom. The van der Waals surface area contributed by atoms with E-state index in [4.69, 9.17) is 19.3 Å². The van der Waals surface area contributed by atoms with E-state index >= 15 is 0 Å². The van der Waals surface area contributed by atoms with Crippen LogP contribution >= 0.6 is 15.9 Å². The molecule has 1 N–H and O–H groups in total. The van der Waals surface area contributed by atoms with Gasteiger partial charge in [0.2, 0.25) is 0 Å². The molecule has 23 heavy (non-hydrogen) atoms. The van der Waals surface area contributed by atoms with E-state index in [1.165, 1.54) is 10.7 Å². The van der Waals surface area contributed by atoms with E-state index in [1.807, 2.05) is 0 Å². The highest BCUT2D eigenvalue weighted by Crippen LogP contribution is 2.49. The van der Waals surface area contributed by atoms with Crippen molar-refractivity contribution in [2.75, 3.05) is 20.3 Å². The molecule has 0 radical (unpaired) electrons. The quantitative estimate of drug-likeness (QED) is 0.878. The van der Waals surface area contributed by atoms with Crippen molar-refractivity contribution in [1.82, 2.24) is 9.78 Å². The first kappa shape index (κ1) is 15.7. The monoisotopic (exact) mass is 382 g/mol. The molecular formula is C15H15BrN2O5.